The number of para-hydroxylation sites is 1. The maximum absolute atomic E-state index is 13.8. The third kappa shape index (κ3) is 3.61. The number of rotatable bonds is 2. The minimum absolute atomic E-state index is 0.172. The number of urea groups is 1. The highest BCUT2D eigenvalue weighted by Crippen LogP contribution is 2.43. The lowest BCUT2D eigenvalue weighted by atomic mass is 10.0. The molecule has 2 aliphatic rings. The molecule has 2 aromatic heterocycles. The first kappa shape index (κ1) is 21.1. The summed E-state index contributed by atoms with van der Waals surface area (Å²) in [5, 5.41) is 4.27. The van der Waals surface area contributed by atoms with Crippen molar-refractivity contribution in [3.05, 3.63) is 106 Å². The number of nitrogens with one attached hydrogen (secondary N) is 1. The van der Waals surface area contributed by atoms with Gasteiger partial charge in [-0.1, -0.05) is 30.3 Å². The van der Waals surface area contributed by atoms with Gasteiger partial charge >= 0.3 is 6.03 Å². The molecule has 0 fully saturated rings. The van der Waals surface area contributed by atoms with Crippen LogP contribution in [0.4, 0.5) is 14.9 Å². The minimum Gasteiger partial charge on any atom is -0.310 e. The van der Waals surface area contributed by atoms with E-state index >= 15 is 0 Å². The van der Waals surface area contributed by atoms with Crippen LogP contribution in [0.25, 0.3) is 5.00 Å². The van der Waals surface area contributed by atoms with Gasteiger partial charge in [0.05, 0.1) is 18.3 Å². The average molecular weight is 473 g/mol. The molecule has 1 atom stereocenters. The summed E-state index contributed by atoms with van der Waals surface area (Å²) in [5.41, 5.74) is 5.22. The summed E-state index contributed by atoms with van der Waals surface area (Å²) in [6, 6.07) is 19.6. The van der Waals surface area contributed by atoms with E-state index in [2.05, 4.69) is 34.1 Å². The predicted octanol–water partition coefficient (Wildman–Crippen LogP) is 5.80. The van der Waals surface area contributed by atoms with Crippen LogP contribution in [0.2, 0.25) is 0 Å². The molecule has 4 heterocycles. The van der Waals surface area contributed by atoms with Gasteiger partial charge in [0.15, 0.2) is 0 Å². The van der Waals surface area contributed by atoms with Crippen LogP contribution in [0.3, 0.4) is 0 Å². The van der Waals surface area contributed by atoms with Gasteiger partial charge in [-0.3, -0.25) is 0 Å². The van der Waals surface area contributed by atoms with Crippen LogP contribution in [-0.2, 0) is 19.5 Å². The summed E-state index contributed by atoms with van der Waals surface area (Å²) in [5.74, 6) is -0.287. The van der Waals surface area contributed by atoms with Crippen molar-refractivity contribution in [2.24, 2.45) is 0 Å². The first-order valence-electron chi connectivity index (χ1n) is 11.5. The third-order valence-electron chi connectivity index (χ3n) is 6.73. The molecule has 172 valence electrons. The zero-order valence-corrected chi connectivity index (χ0v) is 19.7. The summed E-state index contributed by atoms with van der Waals surface area (Å²) >= 11 is 1.82. The normalized spacial score (nSPS) is 17.5. The van der Waals surface area contributed by atoms with E-state index in [-0.39, 0.29) is 17.9 Å². The Kier molecular flexibility index (Phi) is 5.23. The molecule has 0 aliphatic carbocycles. The van der Waals surface area contributed by atoms with E-state index < -0.39 is 0 Å². The van der Waals surface area contributed by atoms with Gasteiger partial charge in [0.1, 0.15) is 10.8 Å². The second-order valence-electron chi connectivity index (χ2n) is 8.96. The number of fused-ring (bicyclic) bond motifs is 5. The van der Waals surface area contributed by atoms with Gasteiger partial charge < -0.3 is 19.7 Å². The lowest BCUT2D eigenvalue weighted by Gasteiger charge is -2.32. The lowest BCUT2D eigenvalue weighted by Crippen LogP contribution is -2.38. The first-order chi connectivity index (χ1) is 16.6. The molecule has 5 nitrogen and oxygen atoms in total. The van der Waals surface area contributed by atoms with Gasteiger partial charge in [0.2, 0.25) is 0 Å². The highest BCUT2D eigenvalue weighted by atomic mass is 32.1. The molecule has 4 aromatic rings. The van der Waals surface area contributed by atoms with E-state index in [1.54, 1.807) is 12.1 Å². The SMILES string of the molecule is CN1CCc2c(sc3c2CN(C(=O)Nc2ccccc2)[C@H](c2ccc(F)cc2)c2cccn2-3)C1. The molecule has 0 saturated carbocycles. The summed E-state index contributed by atoms with van der Waals surface area (Å²) in [4.78, 5) is 19.4. The number of halogens is 1. The van der Waals surface area contributed by atoms with Crippen molar-refractivity contribution in [2.45, 2.75) is 25.6 Å². The fourth-order valence-corrected chi connectivity index (χ4v) is 6.51. The molecule has 2 aromatic carbocycles. The number of nitrogens with zero attached hydrogens (tertiary/aromatic N) is 3. The van der Waals surface area contributed by atoms with E-state index in [4.69, 9.17) is 0 Å². The maximum atomic E-state index is 13.8. The summed E-state index contributed by atoms with van der Waals surface area (Å²) in [6.45, 7) is 2.43. The zero-order chi connectivity index (χ0) is 23.2. The molecule has 7 heteroatoms. The Morgan fingerprint density at radius 1 is 1.00 bits per heavy atom. The van der Waals surface area contributed by atoms with Crippen LogP contribution < -0.4 is 5.32 Å². The van der Waals surface area contributed by atoms with Crippen LogP contribution in [0.15, 0.2) is 72.9 Å². The van der Waals surface area contributed by atoms with Crippen LogP contribution in [-0.4, -0.2) is 34.0 Å². The van der Waals surface area contributed by atoms with E-state index in [1.165, 1.54) is 33.1 Å². The largest absolute Gasteiger partial charge is 0.322 e. The second-order valence-corrected chi connectivity index (χ2v) is 10.0. The lowest BCUT2D eigenvalue weighted by molar-refractivity contribution is 0.194. The van der Waals surface area contributed by atoms with Crippen LogP contribution >= 0.6 is 11.3 Å². The van der Waals surface area contributed by atoms with Gasteiger partial charge in [-0.2, -0.15) is 0 Å². The fourth-order valence-electron chi connectivity index (χ4n) is 5.06. The fraction of sp³-hybridized carbons (Fsp3) is 0.222. The number of benzene rings is 2. The zero-order valence-electron chi connectivity index (χ0n) is 18.9. The number of anilines is 1. The monoisotopic (exact) mass is 472 g/mol. The van der Waals surface area contributed by atoms with Gasteiger partial charge in [0, 0.05) is 35.4 Å². The number of carbonyl (C=O) groups excluding carboxylic acids is 1. The maximum Gasteiger partial charge on any atom is 0.322 e. The minimum atomic E-state index is -0.346. The van der Waals surface area contributed by atoms with Crippen molar-refractivity contribution in [1.82, 2.24) is 14.4 Å². The molecule has 0 bridgehead atoms. The molecule has 0 spiro atoms. The number of likely N-dealkylation sites (N-methyl/N-ethyl adjacent to an activating group) is 1. The predicted molar refractivity (Wildman–Crippen MR) is 133 cm³/mol. The van der Waals surface area contributed by atoms with Crippen LogP contribution in [0.1, 0.15) is 33.3 Å². The number of hydrogen-bond acceptors (Lipinski definition) is 3. The quantitative estimate of drug-likeness (QED) is 0.400. The highest BCUT2D eigenvalue weighted by molar-refractivity contribution is 7.15. The number of carbonyl (C=O) groups is 1. The Morgan fingerprint density at radius 3 is 2.59 bits per heavy atom. The summed E-state index contributed by atoms with van der Waals surface area (Å²) in [6.07, 6.45) is 3.05. The van der Waals surface area contributed by atoms with Crippen molar-refractivity contribution < 1.29 is 9.18 Å². The van der Waals surface area contributed by atoms with Crippen LogP contribution in [0.5, 0.6) is 0 Å². The molecule has 2 amide bonds. The van der Waals surface area contributed by atoms with Crippen molar-refractivity contribution in [3.63, 3.8) is 0 Å². The Balaban J connectivity index is 1.50. The third-order valence-corrected chi connectivity index (χ3v) is 7.99. The Morgan fingerprint density at radius 2 is 1.79 bits per heavy atom. The topological polar surface area (TPSA) is 40.5 Å². The Labute approximate surface area is 202 Å². The van der Waals surface area contributed by atoms with Gasteiger partial charge in [0.25, 0.3) is 0 Å². The van der Waals surface area contributed by atoms with Gasteiger partial charge in [-0.25, -0.2) is 9.18 Å². The summed E-state index contributed by atoms with van der Waals surface area (Å²) in [7, 11) is 2.15. The molecular formula is C27H25FN4OS. The van der Waals surface area contributed by atoms with E-state index in [0.717, 1.165) is 36.5 Å². The van der Waals surface area contributed by atoms with Crippen molar-refractivity contribution in [2.75, 3.05) is 18.9 Å². The molecular weight excluding hydrogens is 447 g/mol. The van der Waals surface area contributed by atoms with E-state index in [0.29, 0.717) is 6.54 Å². The number of hydrogen-bond donors (Lipinski definition) is 1. The van der Waals surface area contributed by atoms with E-state index in [9.17, 15) is 9.18 Å². The van der Waals surface area contributed by atoms with Crippen molar-refractivity contribution >= 4 is 23.1 Å². The molecule has 0 unspecified atom stereocenters. The van der Waals surface area contributed by atoms with Gasteiger partial charge in [-0.05, 0) is 61.0 Å². The van der Waals surface area contributed by atoms with E-state index in [1.807, 2.05) is 52.6 Å². The molecule has 1 N–H and O–H groups in total. The number of aromatic nitrogens is 1. The summed E-state index contributed by atoms with van der Waals surface area (Å²) < 4.78 is 16.0. The average Bonchev–Trinajstić information content (AvgIpc) is 3.42. The Bertz CT molecular complexity index is 1340. The standard InChI is InChI=1S/C27H25FN4OS/c1-30-15-13-21-22-16-32(27(33)29-20-6-3-2-4-7-20)25(18-9-11-19(28)12-10-18)23-8-5-14-31(23)26(22)34-24(21)17-30/h2-12,14,25H,13,15-17H2,1H3,(H,29,33)/t25-/m1/s1. The van der Waals surface area contributed by atoms with Crippen LogP contribution in [0, 0.1) is 5.82 Å². The second kappa shape index (κ2) is 8.42. The molecule has 0 saturated heterocycles. The first-order valence-corrected chi connectivity index (χ1v) is 12.3. The Hall–Kier alpha value is -3.42. The molecule has 6 rings (SSSR count). The molecule has 34 heavy (non-hydrogen) atoms. The smallest absolute Gasteiger partial charge is 0.310 e. The van der Waals surface area contributed by atoms with Crippen molar-refractivity contribution in [3.8, 4) is 5.00 Å². The number of amides is 2. The number of thiophene rings is 1. The van der Waals surface area contributed by atoms with Gasteiger partial charge in [-0.15, -0.1) is 11.3 Å². The van der Waals surface area contributed by atoms with Crippen molar-refractivity contribution in [1.29, 1.82) is 0 Å². The molecule has 0 radical (unpaired) electrons. The molecule has 2 aliphatic heterocycles. The highest BCUT2D eigenvalue weighted by Gasteiger charge is 2.36.